The number of benzene rings is 1. The van der Waals surface area contributed by atoms with Gasteiger partial charge in [0, 0.05) is 24.5 Å². The topological polar surface area (TPSA) is 32.3 Å². The number of amides is 1. The van der Waals surface area contributed by atoms with E-state index in [1.54, 1.807) is 0 Å². The summed E-state index contributed by atoms with van der Waals surface area (Å²) in [5, 5.41) is 3.74. The summed E-state index contributed by atoms with van der Waals surface area (Å²) in [7, 11) is 0. The summed E-state index contributed by atoms with van der Waals surface area (Å²) in [5.41, 5.74) is 1.20. The minimum Gasteiger partial charge on any atom is -0.356 e. The number of piperidine rings is 1. The van der Waals surface area contributed by atoms with Gasteiger partial charge in [0.2, 0.25) is 5.91 Å². The Morgan fingerprint density at radius 1 is 1.29 bits per heavy atom. The van der Waals surface area contributed by atoms with Crippen LogP contribution >= 0.6 is 11.6 Å². The van der Waals surface area contributed by atoms with Gasteiger partial charge in [0.05, 0.1) is 0 Å². The van der Waals surface area contributed by atoms with E-state index in [4.69, 9.17) is 11.6 Å². The van der Waals surface area contributed by atoms with E-state index in [1.807, 2.05) is 24.3 Å². The number of carbonyl (C=O) groups is 1. The van der Waals surface area contributed by atoms with Gasteiger partial charge in [0.15, 0.2) is 0 Å². The summed E-state index contributed by atoms with van der Waals surface area (Å²) in [6.45, 7) is 6.16. The van der Waals surface area contributed by atoms with E-state index in [0.717, 1.165) is 37.0 Å². The molecule has 116 valence electrons. The van der Waals surface area contributed by atoms with Crippen LogP contribution in [-0.4, -0.2) is 37.0 Å². The molecule has 0 aromatic heterocycles. The summed E-state index contributed by atoms with van der Waals surface area (Å²) in [6, 6.07) is 7.78. The first-order valence-electron chi connectivity index (χ1n) is 7.87. The SMILES string of the molecule is CC1CCN(CCC(=O)NCCc2ccc(Cl)cc2)CC1. The van der Waals surface area contributed by atoms with Gasteiger partial charge in [0.1, 0.15) is 0 Å². The zero-order valence-corrected chi connectivity index (χ0v) is 13.5. The van der Waals surface area contributed by atoms with Crippen molar-refractivity contribution >= 4 is 17.5 Å². The molecule has 1 aromatic carbocycles. The van der Waals surface area contributed by atoms with Crippen molar-refractivity contribution in [2.45, 2.75) is 32.6 Å². The maximum absolute atomic E-state index is 11.8. The van der Waals surface area contributed by atoms with Crippen LogP contribution in [-0.2, 0) is 11.2 Å². The molecular formula is C17H25ClN2O. The van der Waals surface area contributed by atoms with Crippen LogP contribution in [0.1, 0.15) is 31.7 Å². The van der Waals surface area contributed by atoms with Crippen molar-refractivity contribution in [3.05, 3.63) is 34.9 Å². The molecule has 0 unspecified atom stereocenters. The van der Waals surface area contributed by atoms with Crippen molar-refractivity contribution in [2.24, 2.45) is 5.92 Å². The summed E-state index contributed by atoms with van der Waals surface area (Å²) in [6.07, 6.45) is 3.98. The van der Waals surface area contributed by atoms with Crippen LogP contribution in [0.3, 0.4) is 0 Å². The number of likely N-dealkylation sites (tertiary alicyclic amines) is 1. The van der Waals surface area contributed by atoms with Crippen molar-refractivity contribution in [1.29, 1.82) is 0 Å². The molecule has 0 bridgehead atoms. The molecule has 1 heterocycles. The number of rotatable bonds is 6. The van der Waals surface area contributed by atoms with Crippen molar-refractivity contribution in [1.82, 2.24) is 10.2 Å². The number of nitrogens with one attached hydrogen (secondary N) is 1. The molecular weight excluding hydrogens is 284 g/mol. The van der Waals surface area contributed by atoms with Crippen LogP contribution in [0.25, 0.3) is 0 Å². The van der Waals surface area contributed by atoms with E-state index < -0.39 is 0 Å². The van der Waals surface area contributed by atoms with E-state index in [9.17, 15) is 4.79 Å². The molecule has 1 N–H and O–H groups in total. The van der Waals surface area contributed by atoms with Gasteiger partial charge in [-0.15, -0.1) is 0 Å². The summed E-state index contributed by atoms with van der Waals surface area (Å²) in [4.78, 5) is 14.2. The number of nitrogens with zero attached hydrogens (tertiary/aromatic N) is 1. The minimum absolute atomic E-state index is 0.155. The Labute approximate surface area is 132 Å². The smallest absolute Gasteiger partial charge is 0.221 e. The standard InChI is InChI=1S/C17H25ClN2O/c1-14-7-11-20(12-8-14)13-9-17(21)19-10-6-15-2-4-16(18)5-3-15/h2-5,14H,6-13H2,1H3,(H,19,21). The lowest BCUT2D eigenvalue weighted by Crippen LogP contribution is -2.36. The molecule has 1 saturated heterocycles. The number of hydrogen-bond acceptors (Lipinski definition) is 2. The highest BCUT2D eigenvalue weighted by atomic mass is 35.5. The number of carbonyl (C=O) groups excluding carboxylic acids is 1. The van der Waals surface area contributed by atoms with Gasteiger partial charge in [-0.25, -0.2) is 0 Å². The highest BCUT2D eigenvalue weighted by Gasteiger charge is 2.15. The van der Waals surface area contributed by atoms with Gasteiger partial charge in [-0.1, -0.05) is 30.7 Å². The van der Waals surface area contributed by atoms with Gasteiger partial charge in [0.25, 0.3) is 0 Å². The van der Waals surface area contributed by atoms with Crippen LogP contribution in [0.2, 0.25) is 5.02 Å². The molecule has 4 heteroatoms. The molecule has 0 radical (unpaired) electrons. The summed E-state index contributed by atoms with van der Waals surface area (Å²) in [5.74, 6) is 0.997. The molecule has 0 aliphatic carbocycles. The summed E-state index contributed by atoms with van der Waals surface area (Å²) >= 11 is 5.85. The molecule has 1 aliphatic heterocycles. The molecule has 2 rings (SSSR count). The predicted octanol–water partition coefficient (Wildman–Crippen LogP) is 3.12. The zero-order chi connectivity index (χ0) is 15.1. The average molecular weight is 309 g/mol. The first-order valence-corrected chi connectivity index (χ1v) is 8.25. The lowest BCUT2D eigenvalue weighted by Gasteiger charge is -2.29. The largest absolute Gasteiger partial charge is 0.356 e. The fraction of sp³-hybridized carbons (Fsp3) is 0.588. The highest BCUT2D eigenvalue weighted by Crippen LogP contribution is 2.15. The Morgan fingerprint density at radius 2 is 1.95 bits per heavy atom. The second-order valence-electron chi connectivity index (χ2n) is 6.00. The van der Waals surface area contributed by atoms with Crippen molar-refractivity contribution < 1.29 is 4.79 Å². The molecule has 1 aliphatic rings. The normalized spacial score (nSPS) is 16.9. The van der Waals surface area contributed by atoms with Crippen molar-refractivity contribution in [2.75, 3.05) is 26.2 Å². The highest BCUT2D eigenvalue weighted by molar-refractivity contribution is 6.30. The molecule has 1 amide bonds. The van der Waals surface area contributed by atoms with Gasteiger partial charge >= 0.3 is 0 Å². The minimum atomic E-state index is 0.155. The van der Waals surface area contributed by atoms with Crippen LogP contribution in [0.5, 0.6) is 0 Å². The van der Waals surface area contributed by atoms with Crippen molar-refractivity contribution in [3.63, 3.8) is 0 Å². The van der Waals surface area contributed by atoms with Gasteiger partial charge in [-0.2, -0.15) is 0 Å². The third kappa shape index (κ3) is 6.06. The van der Waals surface area contributed by atoms with Gasteiger partial charge in [-0.3, -0.25) is 4.79 Å². The average Bonchev–Trinajstić information content (AvgIpc) is 2.49. The van der Waals surface area contributed by atoms with Crippen molar-refractivity contribution in [3.8, 4) is 0 Å². The maximum atomic E-state index is 11.8. The fourth-order valence-electron chi connectivity index (χ4n) is 2.63. The number of halogens is 1. The molecule has 0 spiro atoms. The van der Waals surface area contributed by atoms with E-state index >= 15 is 0 Å². The van der Waals surface area contributed by atoms with Crippen LogP contribution < -0.4 is 5.32 Å². The predicted molar refractivity (Wildman–Crippen MR) is 87.6 cm³/mol. The van der Waals surface area contributed by atoms with E-state index in [1.165, 1.54) is 18.4 Å². The molecule has 21 heavy (non-hydrogen) atoms. The Morgan fingerprint density at radius 3 is 2.62 bits per heavy atom. The summed E-state index contributed by atoms with van der Waals surface area (Å²) < 4.78 is 0. The second-order valence-corrected chi connectivity index (χ2v) is 6.44. The van der Waals surface area contributed by atoms with Gasteiger partial charge in [-0.05, 0) is 56.0 Å². The molecule has 3 nitrogen and oxygen atoms in total. The van der Waals surface area contributed by atoms with Crippen LogP contribution in [0, 0.1) is 5.92 Å². The lowest BCUT2D eigenvalue weighted by molar-refractivity contribution is -0.121. The fourth-order valence-corrected chi connectivity index (χ4v) is 2.76. The first kappa shape index (κ1) is 16.3. The Bertz CT molecular complexity index is 439. The van der Waals surface area contributed by atoms with Gasteiger partial charge < -0.3 is 10.2 Å². The monoisotopic (exact) mass is 308 g/mol. The van der Waals surface area contributed by atoms with Crippen LogP contribution in [0.15, 0.2) is 24.3 Å². The van der Waals surface area contributed by atoms with E-state index in [-0.39, 0.29) is 5.91 Å². The Hall–Kier alpha value is -1.06. The van der Waals surface area contributed by atoms with E-state index in [2.05, 4.69) is 17.1 Å². The third-order valence-electron chi connectivity index (χ3n) is 4.18. The molecule has 1 fully saturated rings. The quantitative estimate of drug-likeness (QED) is 0.875. The zero-order valence-electron chi connectivity index (χ0n) is 12.8. The second kappa shape index (κ2) is 8.40. The first-order chi connectivity index (χ1) is 10.1. The molecule has 0 atom stereocenters. The Balaban J connectivity index is 1.58. The lowest BCUT2D eigenvalue weighted by atomic mass is 9.99. The molecule has 1 aromatic rings. The third-order valence-corrected chi connectivity index (χ3v) is 4.43. The maximum Gasteiger partial charge on any atom is 0.221 e. The van der Waals surface area contributed by atoms with E-state index in [0.29, 0.717) is 13.0 Å². The number of hydrogen-bond donors (Lipinski definition) is 1. The Kier molecular flexibility index (Phi) is 6.52. The van der Waals surface area contributed by atoms with Crippen LogP contribution in [0.4, 0.5) is 0 Å². The molecule has 0 saturated carbocycles.